The molecule has 0 aliphatic carbocycles. The number of carbonyl (C=O) groups excluding carboxylic acids is 1. The van der Waals surface area contributed by atoms with E-state index in [-0.39, 0.29) is 5.91 Å². The van der Waals surface area contributed by atoms with E-state index < -0.39 is 36.4 Å². The van der Waals surface area contributed by atoms with Gasteiger partial charge in [-0.1, -0.05) is 30.3 Å². The van der Waals surface area contributed by atoms with E-state index in [4.69, 9.17) is 29.7 Å². The molecule has 0 spiro atoms. The summed E-state index contributed by atoms with van der Waals surface area (Å²) in [4.78, 5) is 44.8. The van der Waals surface area contributed by atoms with Gasteiger partial charge in [0, 0.05) is 54.1 Å². The van der Waals surface area contributed by atoms with Crippen LogP contribution in [0.5, 0.6) is 0 Å². The molecule has 5 rings (SSSR count). The molecule has 1 atom stereocenters. The summed E-state index contributed by atoms with van der Waals surface area (Å²) in [5.74, 6) is -7.56. The molecule has 2 fully saturated rings. The summed E-state index contributed by atoms with van der Waals surface area (Å²) in [6.45, 7) is 9.28. The third-order valence-corrected chi connectivity index (χ3v) is 9.18. The van der Waals surface area contributed by atoms with Crippen LogP contribution in [0.25, 0.3) is 10.4 Å². The van der Waals surface area contributed by atoms with Crippen molar-refractivity contribution < 1.29 is 74.0 Å². The summed E-state index contributed by atoms with van der Waals surface area (Å²) >= 11 is 1.87. The van der Waals surface area contributed by atoms with Gasteiger partial charge in [0.05, 0.1) is 0 Å². The van der Waals surface area contributed by atoms with E-state index in [0.717, 1.165) is 56.8 Å². The number of carbonyl (C=O) groups is 4. The lowest BCUT2D eigenvalue weighted by Gasteiger charge is -2.31. The quantitative estimate of drug-likeness (QED) is 0.136. The number of thiophene rings is 1. The fourth-order valence-electron chi connectivity index (χ4n) is 5.37. The zero-order chi connectivity index (χ0) is 43.0. The Hall–Kier alpha value is -4.73. The maximum Gasteiger partial charge on any atom is 0.490 e. The Labute approximate surface area is 324 Å². The Balaban J connectivity index is 0.000000438. The van der Waals surface area contributed by atoms with Crippen molar-refractivity contribution in [1.29, 1.82) is 0 Å². The number of aliphatic carboxylic acids is 3. The molecule has 316 valence electrons. The number of piperazine rings is 1. The molecule has 11 nitrogen and oxygen atoms in total. The van der Waals surface area contributed by atoms with Gasteiger partial charge in [0.2, 0.25) is 0 Å². The van der Waals surface area contributed by atoms with E-state index >= 15 is 0 Å². The summed E-state index contributed by atoms with van der Waals surface area (Å²) in [6.07, 6.45) is -11.8. The summed E-state index contributed by atoms with van der Waals surface area (Å²) in [5, 5.41) is 31.4. The number of halogens is 9. The Morgan fingerprint density at radius 2 is 1.32 bits per heavy atom. The molecular weight excluding hydrogens is 803 g/mol. The molecule has 0 unspecified atom stereocenters. The van der Waals surface area contributed by atoms with Crippen LogP contribution in [0.3, 0.4) is 0 Å². The van der Waals surface area contributed by atoms with Crippen molar-refractivity contribution >= 4 is 35.2 Å². The third kappa shape index (κ3) is 18.8. The van der Waals surface area contributed by atoms with Crippen molar-refractivity contribution in [3.63, 3.8) is 0 Å². The van der Waals surface area contributed by atoms with E-state index in [1.54, 1.807) is 0 Å². The molecular formula is C36H41F9N4O7S. The maximum absolute atomic E-state index is 12.9. The van der Waals surface area contributed by atoms with Crippen LogP contribution in [0.4, 0.5) is 39.5 Å². The molecule has 2 saturated heterocycles. The van der Waals surface area contributed by atoms with Gasteiger partial charge in [-0.05, 0) is 92.2 Å². The Bertz CT molecular complexity index is 1710. The highest BCUT2D eigenvalue weighted by atomic mass is 32.1. The normalized spacial score (nSPS) is 16.4. The summed E-state index contributed by atoms with van der Waals surface area (Å²) < 4.78 is 95.2. The number of hydrogen-bond acceptors (Lipinski definition) is 8. The fraction of sp³-hybridized carbons (Fsp3) is 0.444. The highest BCUT2D eigenvalue weighted by molar-refractivity contribution is 7.15. The fourth-order valence-corrected chi connectivity index (χ4v) is 6.42. The smallest absolute Gasteiger partial charge is 0.475 e. The van der Waals surface area contributed by atoms with Crippen molar-refractivity contribution in [2.75, 3.05) is 32.7 Å². The first-order valence-corrected chi connectivity index (χ1v) is 17.9. The Morgan fingerprint density at radius 1 is 0.772 bits per heavy atom. The number of piperidine rings is 1. The maximum atomic E-state index is 12.9. The van der Waals surface area contributed by atoms with Gasteiger partial charge in [0.25, 0.3) is 5.91 Å². The Morgan fingerprint density at radius 3 is 1.86 bits per heavy atom. The van der Waals surface area contributed by atoms with E-state index in [0.29, 0.717) is 18.5 Å². The molecule has 0 bridgehead atoms. The summed E-state index contributed by atoms with van der Waals surface area (Å²) in [6, 6.07) is 21.8. The van der Waals surface area contributed by atoms with E-state index in [2.05, 4.69) is 76.3 Å². The van der Waals surface area contributed by atoms with Crippen molar-refractivity contribution in [1.82, 2.24) is 20.9 Å². The highest BCUT2D eigenvalue weighted by Gasteiger charge is 2.39. The molecule has 3 heterocycles. The largest absolute Gasteiger partial charge is 0.490 e. The number of carboxylic acids is 3. The van der Waals surface area contributed by atoms with Gasteiger partial charge in [-0.3, -0.25) is 9.69 Å². The average Bonchev–Trinajstić information content (AvgIpc) is 3.59. The van der Waals surface area contributed by atoms with E-state index in [1.165, 1.54) is 33.7 Å². The predicted molar refractivity (Wildman–Crippen MR) is 190 cm³/mol. The predicted octanol–water partition coefficient (Wildman–Crippen LogP) is 6.58. The molecule has 0 saturated carbocycles. The molecule has 2 aromatic carbocycles. The molecule has 2 aliphatic heterocycles. The summed E-state index contributed by atoms with van der Waals surface area (Å²) in [7, 11) is 0. The Kier molecular flexibility index (Phi) is 18.9. The van der Waals surface area contributed by atoms with Crippen LogP contribution in [0, 0.1) is 5.92 Å². The van der Waals surface area contributed by atoms with Gasteiger partial charge in [0.1, 0.15) is 0 Å². The lowest BCUT2D eigenvalue weighted by Crippen LogP contribution is -2.48. The van der Waals surface area contributed by atoms with E-state index in [1.807, 2.05) is 23.5 Å². The van der Waals surface area contributed by atoms with E-state index in [9.17, 15) is 44.3 Å². The van der Waals surface area contributed by atoms with Crippen LogP contribution in [0.1, 0.15) is 46.1 Å². The summed E-state index contributed by atoms with van der Waals surface area (Å²) in [5.41, 5.74) is 4.36. The van der Waals surface area contributed by atoms with Crippen molar-refractivity contribution in [2.45, 2.75) is 63.8 Å². The first kappa shape index (κ1) is 48.4. The molecule has 3 aromatic rings. The van der Waals surface area contributed by atoms with Crippen LogP contribution >= 0.6 is 11.3 Å². The van der Waals surface area contributed by atoms with Gasteiger partial charge in [-0.2, -0.15) is 39.5 Å². The molecule has 2 aliphatic rings. The van der Waals surface area contributed by atoms with Crippen molar-refractivity contribution in [3.05, 3.63) is 82.2 Å². The zero-order valence-electron chi connectivity index (χ0n) is 30.2. The van der Waals surface area contributed by atoms with Crippen molar-refractivity contribution in [3.8, 4) is 10.4 Å². The lowest BCUT2D eigenvalue weighted by molar-refractivity contribution is -0.193. The van der Waals surface area contributed by atoms with Gasteiger partial charge in [0.15, 0.2) is 0 Å². The van der Waals surface area contributed by atoms with Gasteiger partial charge in [-0.15, -0.1) is 11.3 Å². The minimum absolute atomic E-state index is 0.00350. The first-order valence-electron chi connectivity index (χ1n) is 17.1. The SMILES string of the molecule is C[C@H]1CN(Cc2ccc(-c3cccc(CNC(=O)c4cccc(CC5CCNCC5)c4)c3)s2)CCN1.O=C(O)C(F)(F)F.O=C(O)C(F)(F)F.O=C(O)C(F)(F)F. The number of carboxylic acid groups (broad SMARTS) is 3. The van der Waals surface area contributed by atoms with Crippen molar-refractivity contribution in [2.24, 2.45) is 5.92 Å². The van der Waals surface area contributed by atoms with Crippen LogP contribution in [-0.4, -0.2) is 101 Å². The van der Waals surface area contributed by atoms with Crippen LogP contribution in [0.2, 0.25) is 0 Å². The van der Waals surface area contributed by atoms with Crippen LogP contribution in [0.15, 0.2) is 60.7 Å². The minimum Gasteiger partial charge on any atom is -0.475 e. The van der Waals surface area contributed by atoms with Gasteiger partial charge in [-0.25, -0.2) is 14.4 Å². The second-order valence-corrected chi connectivity index (χ2v) is 13.9. The van der Waals surface area contributed by atoms with Gasteiger partial charge < -0.3 is 31.3 Å². The number of alkyl halides is 9. The number of benzene rings is 2. The highest BCUT2D eigenvalue weighted by Crippen LogP contribution is 2.30. The molecule has 1 aromatic heterocycles. The number of hydrogen-bond donors (Lipinski definition) is 6. The second-order valence-electron chi connectivity index (χ2n) is 12.7. The van der Waals surface area contributed by atoms with Crippen LogP contribution < -0.4 is 16.0 Å². The molecule has 6 N–H and O–H groups in total. The minimum atomic E-state index is -5.08. The topological polar surface area (TPSA) is 168 Å². The van der Waals surface area contributed by atoms with Gasteiger partial charge >= 0.3 is 36.4 Å². The third-order valence-electron chi connectivity index (χ3n) is 8.06. The number of nitrogens with zero attached hydrogens (tertiary/aromatic N) is 1. The average molecular weight is 845 g/mol. The number of nitrogens with one attached hydrogen (secondary N) is 3. The lowest BCUT2D eigenvalue weighted by atomic mass is 9.90. The molecule has 57 heavy (non-hydrogen) atoms. The zero-order valence-corrected chi connectivity index (χ0v) is 31.0. The monoisotopic (exact) mass is 844 g/mol. The standard InChI is InChI=1S/C30H38N4OS.3C2HF3O2/c1-22-20-34(15-14-32-22)21-28-8-9-29(36-28)26-6-3-5-25(18-26)19-33-30(35)27-7-2-4-24(17-27)16-23-10-12-31-13-11-23;3*3-2(4,5)1(6)7/h2-9,17-18,22-23,31-32H,10-16,19-21H2,1H3,(H,33,35);3*(H,6,7)/t22-;;;/m0.../s1. The second kappa shape index (κ2) is 22.3. The molecule has 21 heteroatoms. The number of rotatable bonds is 8. The first-order chi connectivity index (χ1) is 26.4. The molecule has 1 amide bonds. The van der Waals surface area contributed by atoms with Crippen LogP contribution in [-0.2, 0) is 33.9 Å². The molecule has 0 radical (unpaired) electrons. The number of amides is 1.